The van der Waals surface area contributed by atoms with Gasteiger partial charge in [0.25, 0.3) is 5.91 Å². The minimum atomic E-state index is -0.0774. The Kier molecular flexibility index (Phi) is 10.5. The summed E-state index contributed by atoms with van der Waals surface area (Å²) in [6.45, 7) is 10.2. The van der Waals surface area contributed by atoms with Gasteiger partial charge in [-0.3, -0.25) is 9.59 Å². The molecule has 1 aliphatic carbocycles. The Morgan fingerprint density at radius 2 is 1.70 bits per heavy atom. The van der Waals surface area contributed by atoms with Gasteiger partial charge in [0.2, 0.25) is 0 Å². The number of carbonyl (C=O) groups is 2. The van der Waals surface area contributed by atoms with Crippen LogP contribution in [0.3, 0.4) is 0 Å². The molecule has 0 aliphatic heterocycles. The van der Waals surface area contributed by atoms with Crippen molar-refractivity contribution in [2.24, 2.45) is 11.8 Å². The Hall–Kier alpha value is -1.72. The van der Waals surface area contributed by atoms with Crippen LogP contribution in [0.4, 0.5) is 0 Å². The predicted octanol–water partition coefficient (Wildman–Crippen LogP) is 4.99. The van der Waals surface area contributed by atoms with Crippen molar-refractivity contribution in [2.75, 3.05) is 26.4 Å². The van der Waals surface area contributed by atoms with Gasteiger partial charge in [-0.2, -0.15) is 0 Å². The third-order valence-electron chi connectivity index (χ3n) is 6.08. The molecular weight excluding hydrogens is 378 g/mol. The third-order valence-corrected chi connectivity index (χ3v) is 6.08. The highest BCUT2D eigenvalue weighted by Crippen LogP contribution is 2.37. The van der Waals surface area contributed by atoms with Crippen LogP contribution in [0.1, 0.15) is 83.1 Å². The molecule has 5 heteroatoms. The number of carbonyl (C=O) groups excluding carboxylic acids is 2. The van der Waals surface area contributed by atoms with Crippen LogP contribution in [-0.2, 0) is 14.3 Å². The number of Topliss-reactive ketones (excluding diaryl/α,β-unsaturated/α-hetero) is 1. The molecule has 0 aromatic heterocycles. The van der Waals surface area contributed by atoms with Crippen LogP contribution in [0.25, 0.3) is 0 Å². The Bertz CT molecular complexity index is 654. The van der Waals surface area contributed by atoms with Crippen LogP contribution < -0.4 is 5.32 Å². The van der Waals surface area contributed by atoms with Crippen LogP contribution in [0, 0.1) is 11.8 Å². The van der Waals surface area contributed by atoms with E-state index >= 15 is 0 Å². The fourth-order valence-corrected chi connectivity index (χ4v) is 4.01. The second-order valence-corrected chi connectivity index (χ2v) is 8.67. The number of rotatable bonds is 12. The van der Waals surface area contributed by atoms with Crippen molar-refractivity contribution in [1.29, 1.82) is 0 Å². The molecule has 1 N–H and O–H groups in total. The number of ether oxygens (including phenoxy) is 2. The Labute approximate surface area is 183 Å². The van der Waals surface area contributed by atoms with E-state index < -0.39 is 0 Å². The van der Waals surface area contributed by atoms with Crippen molar-refractivity contribution in [3.63, 3.8) is 0 Å². The molecule has 1 unspecified atom stereocenters. The maximum Gasteiger partial charge on any atom is 0.251 e. The summed E-state index contributed by atoms with van der Waals surface area (Å²) >= 11 is 0. The van der Waals surface area contributed by atoms with Crippen molar-refractivity contribution in [2.45, 2.75) is 71.8 Å². The third kappa shape index (κ3) is 7.84. The molecule has 1 aromatic rings. The van der Waals surface area contributed by atoms with Crippen molar-refractivity contribution in [3.05, 3.63) is 35.4 Å². The highest BCUT2D eigenvalue weighted by molar-refractivity contribution is 5.94. The molecule has 1 aliphatic rings. The normalized spacial score (nSPS) is 20.2. The van der Waals surface area contributed by atoms with Gasteiger partial charge in [0, 0.05) is 25.4 Å². The number of amides is 1. The van der Waals surface area contributed by atoms with Crippen molar-refractivity contribution >= 4 is 11.7 Å². The van der Waals surface area contributed by atoms with E-state index in [-0.39, 0.29) is 25.3 Å². The van der Waals surface area contributed by atoms with Gasteiger partial charge in [0.05, 0.1) is 25.9 Å². The first-order chi connectivity index (χ1) is 14.4. The van der Waals surface area contributed by atoms with E-state index in [4.69, 9.17) is 9.47 Å². The average Bonchev–Trinajstić information content (AvgIpc) is 2.77. The van der Waals surface area contributed by atoms with E-state index in [0.29, 0.717) is 43.6 Å². The Balaban J connectivity index is 0.00000480. The second kappa shape index (κ2) is 12.9. The quantitative estimate of drug-likeness (QED) is 0.485. The lowest BCUT2D eigenvalue weighted by molar-refractivity contribution is -0.127. The number of hydrogen-bond donors (Lipinski definition) is 1. The Morgan fingerprint density at radius 1 is 1.03 bits per heavy atom. The Morgan fingerprint density at radius 3 is 2.30 bits per heavy atom. The lowest BCUT2D eigenvalue weighted by Gasteiger charge is -2.29. The van der Waals surface area contributed by atoms with E-state index in [9.17, 15) is 9.59 Å². The van der Waals surface area contributed by atoms with E-state index in [0.717, 1.165) is 32.1 Å². The number of benzene rings is 1. The summed E-state index contributed by atoms with van der Waals surface area (Å²) < 4.78 is 10.9. The molecular formula is C25H41NO4. The minimum Gasteiger partial charge on any atom is -0.377 e. The molecule has 0 bridgehead atoms. The molecule has 1 fully saturated rings. The van der Waals surface area contributed by atoms with Crippen LogP contribution in [0.5, 0.6) is 0 Å². The lowest BCUT2D eigenvalue weighted by atomic mass is 9.75. The molecule has 0 spiro atoms. The molecule has 1 atom stereocenters. The van der Waals surface area contributed by atoms with Crippen LogP contribution in [0.15, 0.2) is 24.3 Å². The summed E-state index contributed by atoms with van der Waals surface area (Å²) in [5, 5.41) is 2.89. The van der Waals surface area contributed by atoms with Crippen molar-refractivity contribution in [3.8, 4) is 0 Å². The molecule has 0 saturated heterocycles. The fourth-order valence-electron chi connectivity index (χ4n) is 4.01. The van der Waals surface area contributed by atoms with Gasteiger partial charge < -0.3 is 14.8 Å². The van der Waals surface area contributed by atoms with Gasteiger partial charge in [0.15, 0.2) is 0 Å². The molecule has 1 aromatic carbocycles. The monoisotopic (exact) mass is 419 g/mol. The van der Waals surface area contributed by atoms with Crippen molar-refractivity contribution in [1.82, 2.24) is 5.32 Å². The summed E-state index contributed by atoms with van der Waals surface area (Å²) in [6.07, 6.45) is 5.21. The maximum absolute atomic E-state index is 12.4. The zero-order chi connectivity index (χ0) is 21.9. The van der Waals surface area contributed by atoms with Crippen LogP contribution >= 0.6 is 0 Å². The zero-order valence-electron chi connectivity index (χ0n) is 19.1. The summed E-state index contributed by atoms with van der Waals surface area (Å²) in [5.41, 5.74) is 1.94. The molecule has 5 nitrogen and oxygen atoms in total. The zero-order valence-corrected chi connectivity index (χ0v) is 19.1. The smallest absolute Gasteiger partial charge is 0.251 e. The standard InChI is InChI=1S/C25H39NO4.H2/c1-5-19(4)24(27)22-10-6-20(7-11-22)21-8-12-23(13-9-21)25(28)26-14-15-29-16-17-30-18(2)3;/h8-9,12-13,18-20,22H,5-7,10-11,14-17H2,1-4H3,(H,26,28);1H. The van der Waals surface area contributed by atoms with Gasteiger partial charge in [0.1, 0.15) is 5.78 Å². The molecule has 0 heterocycles. The SMILES string of the molecule is CCC(C)C(=O)C1CCC(c2ccc(C(=O)NCCOCCOC(C)C)cc2)CC1.[HH]. The van der Waals surface area contributed by atoms with Gasteiger partial charge in [-0.1, -0.05) is 26.0 Å². The van der Waals surface area contributed by atoms with Gasteiger partial charge in [-0.05, 0) is 69.6 Å². The van der Waals surface area contributed by atoms with Crippen molar-refractivity contribution < 1.29 is 20.5 Å². The molecule has 170 valence electrons. The van der Waals surface area contributed by atoms with Gasteiger partial charge in [-0.25, -0.2) is 0 Å². The highest BCUT2D eigenvalue weighted by atomic mass is 16.5. The highest BCUT2D eigenvalue weighted by Gasteiger charge is 2.29. The first kappa shape index (κ1) is 24.5. The van der Waals surface area contributed by atoms with E-state index in [1.807, 2.05) is 32.9 Å². The largest absolute Gasteiger partial charge is 0.377 e. The van der Waals surface area contributed by atoms with E-state index in [2.05, 4.69) is 24.4 Å². The van der Waals surface area contributed by atoms with Gasteiger partial charge >= 0.3 is 0 Å². The van der Waals surface area contributed by atoms with E-state index in [1.165, 1.54) is 5.56 Å². The maximum atomic E-state index is 12.4. The second-order valence-electron chi connectivity index (χ2n) is 8.67. The summed E-state index contributed by atoms with van der Waals surface area (Å²) in [7, 11) is 0. The molecule has 1 amide bonds. The number of nitrogens with one attached hydrogen (secondary N) is 1. The first-order valence-corrected chi connectivity index (χ1v) is 11.5. The van der Waals surface area contributed by atoms with E-state index in [1.54, 1.807) is 0 Å². The lowest BCUT2D eigenvalue weighted by Crippen LogP contribution is -2.28. The molecule has 2 rings (SSSR count). The average molecular weight is 420 g/mol. The molecule has 30 heavy (non-hydrogen) atoms. The minimum absolute atomic E-state index is 0. The molecule has 1 saturated carbocycles. The predicted molar refractivity (Wildman–Crippen MR) is 122 cm³/mol. The van der Waals surface area contributed by atoms with Crippen LogP contribution in [0.2, 0.25) is 0 Å². The topological polar surface area (TPSA) is 64.6 Å². The summed E-state index contributed by atoms with van der Waals surface area (Å²) in [6, 6.07) is 7.93. The fraction of sp³-hybridized carbons (Fsp3) is 0.680. The number of hydrogen-bond acceptors (Lipinski definition) is 4. The summed E-state index contributed by atoms with van der Waals surface area (Å²) in [4.78, 5) is 24.7. The number of ketones is 1. The van der Waals surface area contributed by atoms with Gasteiger partial charge in [-0.15, -0.1) is 0 Å². The summed E-state index contributed by atoms with van der Waals surface area (Å²) in [5.74, 6) is 1.28. The van der Waals surface area contributed by atoms with Crippen LogP contribution in [-0.4, -0.2) is 44.2 Å². The molecule has 0 radical (unpaired) electrons. The first-order valence-electron chi connectivity index (χ1n) is 11.5.